The largest absolute Gasteiger partial charge is 0.225 e. The zero-order valence-electron chi connectivity index (χ0n) is 8.01. The van der Waals surface area contributed by atoms with E-state index in [0.717, 1.165) is 6.04 Å². The normalized spacial score (nSPS) is 31.9. The van der Waals surface area contributed by atoms with Gasteiger partial charge in [0.15, 0.2) is 0 Å². The minimum atomic E-state index is 0.756. The lowest BCUT2D eigenvalue weighted by Gasteiger charge is -2.10. The van der Waals surface area contributed by atoms with Crippen LogP contribution in [0.2, 0.25) is 0 Å². The van der Waals surface area contributed by atoms with E-state index in [9.17, 15) is 0 Å². The van der Waals surface area contributed by atoms with Crippen LogP contribution in [0.4, 0.5) is 0 Å². The van der Waals surface area contributed by atoms with Gasteiger partial charge in [0.2, 0.25) is 0 Å². The minimum absolute atomic E-state index is 0.756. The van der Waals surface area contributed by atoms with Crippen molar-refractivity contribution in [2.75, 3.05) is 13.2 Å². The summed E-state index contributed by atoms with van der Waals surface area (Å²) in [6.07, 6.45) is 3.92. The first kappa shape index (κ1) is 9.01. The summed E-state index contributed by atoms with van der Waals surface area (Å²) in [7, 11) is 0. The predicted molar refractivity (Wildman–Crippen MR) is 48.1 cm³/mol. The van der Waals surface area contributed by atoms with Crippen LogP contribution < -0.4 is 0 Å². The third-order valence-electron chi connectivity index (χ3n) is 2.46. The highest BCUT2D eigenvalue weighted by molar-refractivity contribution is 4.73. The lowest BCUT2D eigenvalue weighted by molar-refractivity contribution is 0.242. The molecular formula is C9H20N2. The van der Waals surface area contributed by atoms with Crippen molar-refractivity contribution in [3.05, 3.63) is 0 Å². The average Bonchev–Trinajstić information content (AvgIpc) is 2.78. The molecule has 0 N–H and O–H groups in total. The predicted octanol–water partition coefficient (Wildman–Crippen LogP) is 2.08. The molecule has 0 bridgehead atoms. The first-order chi connectivity index (χ1) is 5.29. The molecule has 0 radical (unpaired) electrons. The molecule has 0 aliphatic carbocycles. The maximum atomic E-state index is 2.45. The van der Waals surface area contributed by atoms with Crippen molar-refractivity contribution in [1.29, 1.82) is 0 Å². The molecule has 0 aromatic carbocycles. The van der Waals surface area contributed by atoms with Gasteiger partial charge >= 0.3 is 0 Å². The Balaban J connectivity index is 2.06. The molecule has 3 unspecified atom stereocenters. The van der Waals surface area contributed by atoms with Crippen LogP contribution in [0.1, 0.15) is 40.0 Å². The Morgan fingerprint density at radius 1 is 1.36 bits per heavy atom. The molecular weight excluding hydrogens is 136 g/mol. The molecule has 2 nitrogen and oxygen atoms in total. The van der Waals surface area contributed by atoms with Gasteiger partial charge < -0.3 is 0 Å². The molecule has 1 heterocycles. The van der Waals surface area contributed by atoms with E-state index in [2.05, 4.69) is 30.8 Å². The number of hydrazine groups is 1. The summed E-state index contributed by atoms with van der Waals surface area (Å²) < 4.78 is 0. The molecule has 0 aromatic heterocycles. The molecule has 1 aliphatic rings. The molecule has 2 heteroatoms. The molecule has 0 amide bonds. The zero-order valence-corrected chi connectivity index (χ0v) is 8.01. The van der Waals surface area contributed by atoms with Gasteiger partial charge in [-0.2, -0.15) is 0 Å². The fourth-order valence-electron chi connectivity index (χ4n) is 1.31. The quantitative estimate of drug-likeness (QED) is 0.562. The van der Waals surface area contributed by atoms with Gasteiger partial charge in [0.1, 0.15) is 0 Å². The smallest absolute Gasteiger partial charge is 0.0790 e. The highest BCUT2D eigenvalue weighted by atomic mass is 15.8. The second kappa shape index (κ2) is 4.07. The fourth-order valence-corrected chi connectivity index (χ4v) is 1.31. The third kappa shape index (κ3) is 2.46. The summed E-state index contributed by atoms with van der Waals surface area (Å²) >= 11 is 0. The van der Waals surface area contributed by atoms with Crippen molar-refractivity contribution in [3.8, 4) is 0 Å². The van der Waals surface area contributed by atoms with Crippen molar-refractivity contribution in [1.82, 2.24) is 10.0 Å². The molecule has 0 spiro atoms. The van der Waals surface area contributed by atoms with Crippen molar-refractivity contribution in [2.24, 2.45) is 0 Å². The maximum absolute atomic E-state index is 2.45. The first-order valence-electron chi connectivity index (χ1n) is 4.81. The van der Waals surface area contributed by atoms with E-state index in [0.29, 0.717) is 0 Å². The average molecular weight is 156 g/mol. The Labute approximate surface area is 70.1 Å². The van der Waals surface area contributed by atoms with Crippen LogP contribution in [-0.2, 0) is 0 Å². The number of hydrogen-bond acceptors (Lipinski definition) is 2. The summed E-state index contributed by atoms with van der Waals surface area (Å²) in [5, 5.41) is 4.90. The highest BCUT2D eigenvalue weighted by Crippen LogP contribution is 2.21. The molecule has 66 valence electrons. The summed E-state index contributed by atoms with van der Waals surface area (Å²) in [6, 6.07) is 0.756. The summed E-state index contributed by atoms with van der Waals surface area (Å²) in [6.45, 7) is 9.26. The van der Waals surface area contributed by atoms with E-state index in [4.69, 9.17) is 0 Å². The van der Waals surface area contributed by atoms with Crippen LogP contribution in [0, 0.1) is 0 Å². The molecule has 0 saturated carbocycles. The molecule has 0 aromatic rings. The number of nitrogens with zero attached hydrogens (tertiary/aromatic N) is 2. The van der Waals surface area contributed by atoms with Crippen LogP contribution in [0.3, 0.4) is 0 Å². The fraction of sp³-hybridized carbons (Fsp3) is 1.00. The van der Waals surface area contributed by atoms with Crippen LogP contribution in [0.15, 0.2) is 0 Å². The van der Waals surface area contributed by atoms with Gasteiger partial charge in [0.25, 0.3) is 0 Å². The number of rotatable bonds is 5. The second-order valence-electron chi connectivity index (χ2n) is 3.42. The van der Waals surface area contributed by atoms with Gasteiger partial charge in [-0.05, 0) is 19.8 Å². The first-order valence-corrected chi connectivity index (χ1v) is 4.81. The minimum Gasteiger partial charge on any atom is -0.225 e. The van der Waals surface area contributed by atoms with E-state index in [1.807, 2.05) is 0 Å². The summed E-state index contributed by atoms with van der Waals surface area (Å²) in [5.74, 6) is 0. The van der Waals surface area contributed by atoms with Gasteiger partial charge in [-0.15, -0.1) is 0 Å². The van der Waals surface area contributed by atoms with Gasteiger partial charge in [0.05, 0.1) is 6.67 Å². The van der Waals surface area contributed by atoms with Crippen LogP contribution >= 0.6 is 0 Å². The standard InChI is InChI=1S/C9H20N2/c1-4-6-7-10-8-11(10)9(3)5-2/h9H,4-8H2,1-3H3. The van der Waals surface area contributed by atoms with Gasteiger partial charge in [-0.25, -0.2) is 10.0 Å². The Morgan fingerprint density at radius 3 is 2.64 bits per heavy atom. The van der Waals surface area contributed by atoms with E-state index < -0.39 is 0 Å². The van der Waals surface area contributed by atoms with Crippen LogP contribution in [0.5, 0.6) is 0 Å². The highest BCUT2D eigenvalue weighted by Gasteiger charge is 2.33. The van der Waals surface area contributed by atoms with Crippen molar-refractivity contribution >= 4 is 0 Å². The van der Waals surface area contributed by atoms with E-state index in [-0.39, 0.29) is 0 Å². The van der Waals surface area contributed by atoms with E-state index in [1.165, 1.54) is 32.5 Å². The Bertz CT molecular complexity index is 114. The van der Waals surface area contributed by atoms with E-state index >= 15 is 0 Å². The molecule has 11 heavy (non-hydrogen) atoms. The molecule has 1 aliphatic heterocycles. The third-order valence-corrected chi connectivity index (χ3v) is 2.46. The zero-order chi connectivity index (χ0) is 8.27. The Hall–Kier alpha value is -0.0800. The van der Waals surface area contributed by atoms with E-state index in [1.54, 1.807) is 0 Å². The second-order valence-corrected chi connectivity index (χ2v) is 3.42. The molecule has 1 fully saturated rings. The molecule has 3 atom stereocenters. The van der Waals surface area contributed by atoms with Crippen molar-refractivity contribution in [3.63, 3.8) is 0 Å². The maximum Gasteiger partial charge on any atom is 0.0790 e. The Morgan fingerprint density at radius 2 is 2.09 bits per heavy atom. The van der Waals surface area contributed by atoms with Crippen molar-refractivity contribution in [2.45, 2.75) is 46.1 Å². The summed E-state index contributed by atoms with van der Waals surface area (Å²) in [4.78, 5) is 0. The topological polar surface area (TPSA) is 6.02 Å². The van der Waals surface area contributed by atoms with Crippen LogP contribution in [0.25, 0.3) is 0 Å². The van der Waals surface area contributed by atoms with Crippen molar-refractivity contribution < 1.29 is 0 Å². The molecule has 1 saturated heterocycles. The summed E-state index contributed by atoms with van der Waals surface area (Å²) in [5.41, 5.74) is 0. The van der Waals surface area contributed by atoms with Crippen LogP contribution in [-0.4, -0.2) is 29.3 Å². The van der Waals surface area contributed by atoms with Gasteiger partial charge in [-0.3, -0.25) is 0 Å². The lowest BCUT2D eigenvalue weighted by Crippen LogP contribution is -2.18. The molecule has 1 rings (SSSR count). The Kier molecular flexibility index (Phi) is 3.34. The number of unbranched alkanes of at least 4 members (excludes halogenated alkanes) is 1. The van der Waals surface area contributed by atoms with Gasteiger partial charge in [0, 0.05) is 12.6 Å². The SMILES string of the molecule is CCCCN1CN1C(C)CC. The van der Waals surface area contributed by atoms with Gasteiger partial charge in [-0.1, -0.05) is 20.3 Å². The number of hydrogen-bond donors (Lipinski definition) is 0. The monoisotopic (exact) mass is 156 g/mol. The lowest BCUT2D eigenvalue weighted by atomic mass is 10.3.